The Morgan fingerprint density at radius 3 is 2.65 bits per heavy atom. The molecule has 0 aliphatic heterocycles. The van der Waals surface area contributed by atoms with E-state index < -0.39 is 0 Å². The summed E-state index contributed by atoms with van der Waals surface area (Å²) < 4.78 is 1.53. The van der Waals surface area contributed by atoms with Crippen LogP contribution in [0.15, 0.2) is 65.8 Å². The molecule has 7 heteroatoms. The predicted octanol–water partition coefficient (Wildman–Crippen LogP) is 5.20. The van der Waals surface area contributed by atoms with E-state index in [9.17, 15) is 9.59 Å². The molecule has 1 aromatic carbocycles. The number of rotatable bonds is 11. The molecular weight excluding hydrogens is 462 g/mol. The number of fused-ring (bicyclic) bond motifs is 1. The monoisotopic (exact) mass is 497 g/mol. The van der Waals surface area contributed by atoms with Gasteiger partial charge in [-0.25, -0.2) is 4.98 Å². The number of H-pyrrole nitrogens is 1. The largest absolute Gasteiger partial charge is 0.358 e. The minimum atomic E-state index is -0.120. The number of hydrogen-bond acceptors (Lipinski definition) is 5. The third-order valence-corrected chi connectivity index (χ3v) is 7.59. The van der Waals surface area contributed by atoms with Crippen LogP contribution in [0.25, 0.3) is 10.9 Å². The van der Waals surface area contributed by atoms with E-state index in [1.807, 2.05) is 38.2 Å². The molecule has 2 N–H and O–H groups in total. The van der Waals surface area contributed by atoms with E-state index >= 15 is 0 Å². The van der Waals surface area contributed by atoms with Crippen molar-refractivity contribution in [3.05, 3.63) is 88.2 Å². The zero-order valence-electron chi connectivity index (χ0n) is 21.7. The minimum Gasteiger partial charge on any atom is -0.358 e. The zero-order valence-corrected chi connectivity index (χ0v) is 21.7. The Kier molecular flexibility index (Phi) is 7.22. The number of ketones is 1. The molecule has 1 aliphatic rings. The van der Waals surface area contributed by atoms with E-state index in [4.69, 9.17) is 0 Å². The Balaban J connectivity index is 1.31. The van der Waals surface area contributed by atoms with Gasteiger partial charge in [-0.2, -0.15) is 0 Å². The molecule has 3 heterocycles. The number of benzene rings is 1. The number of aromatic nitrogens is 4. The van der Waals surface area contributed by atoms with Crippen molar-refractivity contribution in [3.8, 4) is 0 Å². The SMILES string of the molecule is CC(C)Nc1ncc(CCC2(c3ccccc3)CCC2)c(=O)n1CC(=O)CCc1cc2cnccc2[nH]1. The fourth-order valence-corrected chi connectivity index (χ4v) is 5.37. The van der Waals surface area contributed by atoms with Crippen molar-refractivity contribution in [3.63, 3.8) is 0 Å². The number of aromatic amines is 1. The summed E-state index contributed by atoms with van der Waals surface area (Å²) in [7, 11) is 0. The van der Waals surface area contributed by atoms with Gasteiger partial charge >= 0.3 is 0 Å². The first-order valence-corrected chi connectivity index (χ1v) is 13.3. The molecule has 7 nitrogen and oxygen atoms in total. The van der Waals surface area contributed by atoms with Crippen molar-refractivity contribution < 1.29 is 4.79 Å². The van der Waals surface area contributed by atoms with Crippen molar-refractivity contribution in [1.82, 2.24) is 19.5 Å². The van der Waals surface area contributed by atoms with Gasteiger partial charge in [0.15, 0.2) is 5.78 Å². The average molecular weight is 498 g/mol. The number of aryl methyl sites for hydroxylation is 2. The lowest BCUT2D eigenvalue weighted by atomic mass is 9.62. The first kappa shape index (κ1) is 24.9. The van der Waals surface area contributed by atoms with Gasteiger partial charge in [0.25, 0.3) is 5.56 Å². The normalized spacial score (nSPS) is 14.6. The smallest absolute Gasteiger partial charge is 0.258 e. The highest BCUT2D eigenvalue weighted by Crippen LogP contribution is 2.46. The van der Waals surface area contributed by atoms with Crippen LogP contribution >= 0.6 is 0 Å². The minimum absolute atomic E-state index is 0.00406. The van der Waals surface area contributed by atoms with Crippen molar-refractivity contribution in [2.45, 2.75) is 76.8 Å². The van der Waals surface area contributed by atoms with Crippen molar-refractivity contribution in [2.24, 2.45) is 0 Å². The Morgan fingerprint density at radius 2 is 1.95 bits per heavy atom. The highest BCUT2D eigenvalue weighted by Gasteiger charge is 2.38. The molecule has 1 aliphatic carbocycles. The summed E-state index contributed by atoms with van der Waals surface area (Å²) in [5.74, 6) is 0.458. The van der Waals surface area contributed by atoms with Gasteiger partial charge in [0.05, 0.1) is 6.54 Å². The Morgan fingerprint density at radius 1 is 1.14 bits per heavy atom. The van der Waals surface area contributed by atoms with Gasteiger partial charge < -0.3 is 10.3 Å². The summed E-state index contributed by atoms with van der Waals surface area (Å²) in [6, 6.07) is 14.7. The van der Waals surface area contributed by atoms with E-state index in [2.05, 4.69) is 44.5 Å². The van der Waals surface area contributed by atoms with Gasteiger partial charge in [-0.15, -0.1) is 0 Å². The van der Waals surface area contributed by atoms with E-state index in [1.54, 1.807) is 12.4 Å². The van der Waals surface area contributed by atoms with Crippen LogP contribution in [0.5, 0.6) is 0 Å². The summed E-state index contributed by atoms with van der Waals surface area (Å²) in [6.07, 6.45) is 11.3. The molecule has 1 saturated carbocycles. The molecule has 0 bridgehead atoms. The van der Waals surface area contributed by atoms with Crippen molar-refractivity contribution in [2.75, 3.05) is 5.32 Å². The zero-order chi connectivity index (χ0) is 25.8. The lowest BCUT2D eigenvalue weighted by molar-refractivity contribution is -0.119. The number of carbonyl (C=O) groups is 1. The lowest BCUT2D eigenvalue weighted by Gasteiger charge is -2.43. The molecule has 5 rings (SSSR count). The van der Waals surface area contributed by atoms with Crippen LogP contribution in [0.3, 0.4) is 0 Å². The summed E-state index contributed by atoms with van der Waals surface area (Å²) >= 11 is 0. The van der Waals surface area contributed by atoms with Gasteiger partial charge in [-0.05, 0) is 69.1 Å². The summed E-state index contributed by atoms with van der Waals surface area (Å²) in [6.45, 7) is 4.01. The number of hydrogen-bond donors (Lipinski definition) is 2. The van der Waals surface area contributed by atoms with Crippen LogP contribution < -0.4 is 10.9 Å². The van der Waals surface area contributed by atoms with Gasteiger partial charge in [0.1, 0.15) is 0 Å². The van der Waals surface area contributed by atoms with E-state index in [0.717, 1.165) is 35.9 Å². The molecule has 0 radical (unpaired) electrons. The van der Waals surface area contributed by atoms with Crippen molar-refractivity contribution >= 4 is 22.6 Å². The fourth-order valence-electron chi connectivity index (χ4n) is 5.37. The van der Waals surface area contributed by atoms with Crippen LogP contribution in [-0.2, 0) is 29.6 Å². The molecule has 0 spiro atoms. The molecule has 0 atom stereocenters. The first-order valence-electron chi connectivity index (χ1n) is 13.3. The molecule has 0 saturated heterocycles. The topological polar surface area (TPSA) is 92.7 Å². The summed E-state index contributed by atoms with van der Waals surface area (Å²) in [5, 5.41) is 4.27. The number of Topliss-reactive ketones (excluding diaryl/α,β-unsaturated/α-hetero) is 1. The van der Waals surface area contributed by atoms with Crippen LogP contribution in [0.4, 0.5) is 5.95 Å². The second-order valence-corrected chi connectivity index (χ2v) is 10.6. The second kappa shape index (κ2) is 10.7. The van der Waals surface area contributed by atoms with Gasteiger partial charge in [-0.1, -0.05) is 36.8 Å². The molecule has 3 aromatic heterocycles. The second-order valence-electron chi connectivity index (χ2n) is 10.6. The average Bonchev–Trinajstić information content (AvgIpc) is 3.29. The maximum absolute atomic E-state index is 13.6. The Labute approximate surface area is 217 Å². The summed E-state index contributed by atoms with van der Waals surface area (Å²) in [5.41, 5.74) is 4.04. The maximum Gasteiger partial charge on any atom is 0.258 e. The van der Waals surface area contributed by atoms with E-state index in [-0.39, 0.29) is 29.3 Å². The third-order valence-electron chi connectivity index (χ3n) is 7.59. The third kappa shape index (κ3) is 5.50. The highest BCUT2D eigenvalue weighted by molar-refractivity contribution is 5.81. The van der Waals surface area contributed by atoms with Gasteiger partial charge in [0.2, 0.25) is 5.95 Å². The van der Waals surface area contributed by atoms with Gasteiger partial charge in [0, 0.05) is 53.2 Å². The molecule has 4 aromatic rings. The number of nitrogens with one attached hydrogen (secondary N) is 2. The maximum atomic E-state index is 13.6. The van der Waals surface area contributed by atoms with E-state index in [0.29, 0.717) is 30.8 Å². The van der Waals surface area contributed by atoms with Crippen LogP contribution in [-0.4, -0.2) is 31.3 Å². The fraction of sp³-hybridized carbons (Fsp3) is 0.400. The predicted molar refractivity (Wildman–Crippen MR) is 147 cm³/mol. The number of anilines is 1. The summed E-state index contributed by atoms with van der Waals surface area (Å²) in [4.78, 5) is 38.7. The Hall–Kier alpha value is -3.74. The standard InChI is InChI=1S/C30H35N5O2/c1-21(2)33-29-32-19-22(11-15-30(13-6-14-30)24-7-4-3-5-8-24)28(37)35(29)20-26(36)10-9-25-17-23-18-31-16-12-27(23)34-25/h3-5,7-8,12,16-19,21,34H,6,9-11,13-15,20H2,1-2H3,(H,32,33). The van der Waals surface area contributed by atoms with Crippen LogP contribution in [0.2, 0.25) is 0 Å². The van der Waals surface area contributed by atoms with Gasteiger partial charge in [-0.3, -0.25) is 19.1 Å². The highest BCUT2D eigenvalue weighted by atomic mass is 16.1. The number of carbonyl (C=O) groups excluding carboxylic acids is 1. The quantitative estimate of drug-likeness (QED) is 0.297. The van der Waals surface area contributed by atoms with Crippen LogP contribution in [0, 0.1) is 0 Å². The lowest BCUT2D eigenvalue weighted by Crippen LogP contribution is -2.36. The van der Waals surface area contributed by atoms with Crippen LogP contribution in [0.1, 0.15) is 62.8 Å². The molecule has 0 amide bonds. The van der Waals surface area contributed by atoms with E-state index in [1.165, 1.54) is 16.6 Å². The molecule has 1 fully saturated rings. The Bertz CT molecular complexity index is 1400. The molecular formula is C30H35N5O2. The number of nitrogens with zero attached hydrogens (tertiary/aromatic N) is 3. The first-order chi connectivity index (χ1) is 17.9. The number of pyridine rings is 1. The molecule has 0 unspecified atom stereocenters. The molecule has 192 valence electrons. The molecule has 37 heavy (non-hydrogen) atoms. The van der Waals surface area contributed by atoms with Crippen molar-refractivity contribution in [1.29, 1.82) is 0 Å².